The molecule has 34 heavy (non-hydrogen) atoms. The van der Waals surface area contributed by atoms with Gasteiger partial charge in [-0.05, 0) is 31.2 Å². The number of nitrogens with zero attached hydrogens (tertiary/aromatic N) is 3. The molecule has 0 radical (unpaired) electrons. The van der Waals surface area contributed by atoms with Gasteiger partial charge in [0.05, 0.1) is 27.8 Å². The van der Waals surface area contributed by atoms with Gasteiger partial charge in [0.1, 0.15) is 5.69 Å². The van der Waals surface area contributed by atoms with Crippen molar-refractivity contribution < 1.29 is 36.1 Å². The number of piperazine rings is 1. The zero-order valence-corrected chi connectivity index (χ0v) is 17.8. The number of hydrogen-bond acceptors (Lipinski definition) is 5. The van der Waals surface area contributed by atoms with Gasteiger partial charge in [-0.3, -0.25) is 19.8 Å². The first-order valence-electron chi connectivity index (χ1n) is 10.1. The number of carbonyl (C=O) groups is 1. The SMILES string of the molecule is CC(C(=O)Nc1ccccc1C(F)(F)F)N1CCN(c2ccc(C(F)(F)F)cc2[N+](=O)[O-])CC1. The van der Waals surface area contributed by atoms with E-state index in [4.69, 9.17) is 0 Å². The number of nitro groups is 1. The fourth-order valence-corrected chi connectivity index (χ4v) is 3.71. The Morgan fingerprint density at radius 2 is 1.62 bits per heavy atom. The third-order valence-electron chi connectivity index (χ3n) is 5.57. The summed E-state index contributed by atoms with van der Waals surface area (Å²) < 4.78 is 78.3. The van der Waals surface area contributed by atoms with E-state index in [-0.39, 0.29) is 37.6 Å². The van der Waals surface area contributed by atoms with Gasteiger partial charge in [0.2, 0.25) is 5.91 Å². The Balaban J connectivity index is 1.68. The van der Waals surface area contributed by atoms with Gasteiger partial charge in [-0.1, -0.05) is 12.1 Å². The average Bonchev–Trinajstić information content (AvgIpc) is 2.77. The molecule has 0 aromatic heterocycles. The minimum atomic E-state index is -4.73. The number of rotatable bonds is 5. The van der Waals surface area contributed by atoms with Crippen LogP contribution in [-0.2, 0) is 17.1 Å². The summed E-state index contributed by atoms with van der Waals surface area (Å²) in [5.41, 5.74) is -3.14. The Kier molecular flexibility index (Phi) is 7.05. The highest BCUT2D eigenvalue weighted by Crippen LogP contribution is 2.37. The van der Waals surface area contributed by atoms with E-state index < -0.39 is 46.0 Å². The van der Waals surface area contributed by atoms with Crippen molar-refractivity contribution in [3.8, 4) is 0 Å². The molecular formula is C21H20F6N4O3. The quantitative estimate of drug-likeness (QED) is 0.371. The van der Waals surface area contributed by atoms with Gasteiger partial charge in [-0.2, -0.15) is 26.3 Å². The number of nitrogens with one attached hydrogen (secondary N) is 1. The monoisotopic (exact) mass is 490 g/mol. The Morgan fingerprint density at radius 3 is 2.18 bits per heavy atom. The predicted octanol–water partition coefficient (Wildman–Crippen LogP) is 4.78. The summed E-state index contributed by atoms with van der Waals surface area (Å²) in [5, 5.41) is 13.6. The van der Waals surface area contributed by atoms with Gasteiger partial charge < -0.3 is 10.2 Å². The molecule has 13 heteroatoms. The lowest BCUT2D eigenvalue weighted by Gasteiger charge is -2.38. The molecule has 0 saturated carbocycles. The molecule has 7 nitrogen and oxygen atoms in total. The minimum Gasteiger partial charge on any atom is -0.363 e. The Morgan fingerprint density at radius 1 is 1.00 bits per heavy atom. The van der Waals surface area contributed by atoms with Crippen molar-refractivity contribution in [2.24, 2.45) is 0 Å². The van der Waals surface area contributed by atoms with Crippen LogP contribution in [0.5, 0.6) is 0 Å². The zero-order chi connectivity index (χ0) is 25.3. The summed E-state index contributed by atoms with van der Waals surface area (Å²) in [6.07, 6.45) is -9.37. The molecule has 0 aliphatic carbocycles. The molecular weight excluding hydrogens is 470 g/mol. The molecule has 1 saturated heterocycles. The lowest BCUT2D eigenvalue weighted by atomic mass is 10.1. The molecule has 3 rings (SSSR count). The van der Waals surface area contributed by atoms with Crippen molar-refractivity contribution in [1.29, 1.82) is 0 Å². The number of alkyl halides is 6. The van der Waals surface area contributed by atoms with E-state index in [0.717, 1.165) is 24.3 Å². The van der Waals surface area contributed by atoms with E-state index in [1.165, 1.54) is 19.1 Å². The number of anilines is 2. The molecule has 1 N–H and O–H groups in total. The second-order valence-electron chi connectivity index (χ2n) is 7.69. The first kappa shape index (κ1) is 25.3. The van der Waals surface area contributed by atoms with E-state index in [9.17, 15) is 41.3 Å². The highest BCUT2D eigenvalue weighted by Gasteiger charge is 2.36. The van der Waals surface area contributed by atoms with Crippen molar-refractivity contribution in [3.05, 3.63) is 63.7 Å². The molecule has 0 bridgehead atoms. The molecule has 184 valence electrons. The summed E-state index contributed by atoms with van der Waals surface area (Å²) in [5.74, 6) is -0.661. The number of amides is 1. The summed E-state index contributed by atoms with van der Waals surface area (Å²) in [6, 6.07) is 6.06. The van der Waals surface area contributed by atoms with E-state index in [2.05, 4.69) is 5.32 Å². The van der Waals surface area contributed by atoms with Crippen LogP contribution in [0.3, 0.4) is 0 Å². The number of halogens is 6. The van der Waals surface area contributed by atoms with Crippen LogP contribution in [0.25, 0.3) is 0 Å². The minimum absolute atomic E-state index is 0.0221. The van der Waals surface area contributed by atoms with Gasteiger partial charge in [0, 0.05) is 32.2 Å². The van der Waals surface area contributed by atoms with Crippen LogP contribution in [0, 0.1) is 10.1 Å². The number of hydrogen-bond donors (Lipinski definition) is 1. The fourth-order valence-electron chi connectivity index (χ4n) is 3.71. The zero-order valence-electron chi connectivity index (χ0n) is 17.8. The largest absolute Gasteiger partial charge is 0.418 e. The third kappa shape index (κ3) is 5.58. The number of benzene rings is 2. The molecule has 1 amide bonds. The second kappa shape index (κ2) is 9.49. The predicted molar refractivity (Wildman–Crippen MR) is 111 cm³/mol. The highest BCUT2D eigenvalue weighted by atomic mass is 19.4. The fraction of sp³-hybridized carbons (Fsp3) is 0.381. The van der Waals surface area contributed by atoms with Crippen LogP contribution in [-0.4, -0.2) is 48.0 Å². The molecule has 1 heterocycles. The van der Waals surface area contributed by atoms with Crippen molar-refractivity contribution in [3.63, 3.8) is 0 Å². The Bertz CT molecular complexity index is 1070. The van der Waals surface area contributed by atoms with Gasteiger partial charge in [0.15, 0.2) is 0 Å². The molecule has 1 unspecified atom stereocenters. The molecule has 1 aliphatic heterocycles. The maximum atomic E-state index is 13.2. The van der Waals surface area contributed by atoms with Gasteiger partial charge in [0.25, 0.3) is 5.69 Å². The molecule has 2 aromatic carbocycles. The van der Waals surface area contributed by atoms with Crippen molar-refractivity contribution in [2.45, 2.75) is 25.3 Å². The topological polar surface area (TPSA) is 78.7 Å². The van der Waals surface area contributed by atoms with E-state index in [1.807, 2.05) is 0 Å². The molecule has 2 aromatic rings. The van der Waals surface area contributed by atoms with Crippen molar-refractivity contribution in [2.75, 3.05) is 36.4 Å². The van der Waals surface area contributed by atoms with Crippen LogP contribution in [0.1, 0.15) is 18.1 Å². The van der Waals surface area contributed by atoms with E-state index in [0.29, 0.717) is 6.07 Å². The first-order chi connectivity index (χ1) is 15.8. The normalized spacial score (nSPS) is 16.3. The highest BCUT2D eigenvalue weighted by molar-refractivity contribution is 5.95. The Hall–Kier alpha value is -3.35. The van der Waals surface area contributed by atoms with Gasteiger partial charge >= 0.3 is 12.4 Å². The summed E-state index contributed by atoms with van der Waals surface area (Å²) in [4.78, 5) is 26.3. The lowest BCUT2D eigenvalue weighted by molar-refractivity contribution is -0.384. The maximum Gasteiger partial charge on any atom is 0.418 e. The van der Waals surface area contributed by atoms with Crippen molar-refractivity contribution in [1.82, 2.24) is 4.90 Å². The van der Waals surface area contributed by atoms with E-state index in [1.54, 1.807) is 9.80 Å². The summed E-state index contributed by atoms with van der Waals surface area (Å²) >= 11 is 0. The molecule has 1 fully saturated rings. The van der Waals surface area contributed by atoms with Gasteiger partial charge in [-0.25, -0.2) is 0 Å². The standard InChI is InChI=1S/C21H20F6N4O3/c1-13(19(32)28-16-5-3-2-4-15(16)21(25,26)27)29-8-10-30(11-9-29)17-7-6-14(20(22,23)24)12-18(17)31(33)34/h2-7,12-13H,8-11H2,1H3,(H,28,32). The first-order valence-corrected chi connectivity index (χ1v) is 10.1. The van der Waals surface area contributed by atoms with Crippen LogP contribution >= 0.6 is 0 Å². The van der Waals surface area contributed by atoms with Crippen LogP contribution in [0.4, 0.5) is 43.4 Å². The lowest BCUT2D eigenvalue weighted by Crippen LogP contribution is -2.53. The number of nitro benzene ring substituents is 1. The summed E-state index contributed by atoms with van der Waals surface area (Å²) in [7, 11) is 0. The van der Waals surface area contributed by atoms with Crippen LogP contribution in [0.2, 0.25) is 0 Å². The smallest absolute Gasteiger partial charge is 0.363 e. The number of para-hydroxylation sites is 1. The van der Waals surface area contributed by atoms with Crippen LogP contribution in [0.15, 0.2) is 42.5 Å². The maximum absolute atomic E-state index is 13.2. The second-order valence-corrected chi connectivity index (χ2v) is 7.69. The van der Waals surface area contributed by atoms with E-state index >= 15 is 0 Å². The van der Waals surface area contributed by atoms with Gasteiger partial charge in [-0.15, -0.1) is 0 Å². The third-order valence-corrected chi connectivity index (χ3v) is 5.57. The van der Waals surface area contributed by atoms with Crippen LogP contribution < -0.4 is 10.2 Å². The molecule has 1 atom stereocenters. The van der Waals surface area contributed by atoms with Crippen molar-refractivity contribution >= 4 is 23.0 Å². The average molecular weight is 490 g/mol. The molecule has 1 aliphatic rings. The summed E-state index contributed by atoms with van der Waals surface area (Å²) in [6.45, 7) is 2.29. The molecule has 0 spiro atoms. The Labute approximate surface area is 190 Å². The number of carbonyl (C=O) groups excluding carboxylic acids is 1.